The molecule has 2 aromatic heterocycles. The number of likely N-dealkylation sites (tertiary alicyclic amines) is 1. The lowest BCUT2D eigenvalue weighted by molar-refractivity contribution is 0.0701. The Morgan fingerprint density at radius 1 is 0.938 bits per heavy atom. The fourth-order valence-corrected chi connectivity index (χ4v) is 4.84. The highest BCUT2D eigenvalue weighted by Gasteiger charge is 2.31. The van der Waals surface area contributed by atoms with E-state index < -0.39 is 0 Å². The minimum absolute atomic E-state index is 0.117. The van der Waals surface area contributed by atoms with Crippen LogP contribution in [0.5, 0.6) is 0 Å². The Hall–Kier alpha value is -3.41. The molecule has 2 aliphatic rings. The number of amides is 1. The van der Waals surface area contributed by atoms with Crippen LogP contribution in [0.4, 0.5) is 0 Å². The molecule has 6 rings (SSSR count). The fraction of sp³-hybridized carbons (Fsp3) is 0.346. The molecule has 162 valence electrons. The number of fused-ring (bicyclic) bond motifs is 1. The van der Waals surface area contributed by atoms with Gasteiger partial charge in [-0.25, -0.2) is 4.98 Å². The van der Waals surface area contributed by atoms with Crippen molar-refractivity contribution >= 4 is 16.8 Å². The molecule has 0 radical (unpaired) electrons. The Labute approximate surface area is 187 Å². The van der Waals surface area contributed by atoms with E-state index in [4.69, 9.17) is 4.98 Å². The van der Waals surface area contributed by atoms with Crippen molar-refractivity contribution in [2.45, 2.75) is 44.1 Å². The topological polar surface area (TPSA) is 66.8 Å². The van der Waals surface area contributed by atoms with Gasteiger partial charge in [0, 0.05) is 42.4 Å². The summed E-state index contributed by atoms with van der Waals surface area (Å²) in [6.45, 7) is 2.18. The van der Waals surface area contributed by atoms with Crippen LogP contribution in [0.3, 0.4) is 0 Å². The first-order valence-electron chi connectivity index (χ1n) is 11.6. The average molecular weight is 426 g/mol. The number of rotatable bonds is 5. The summed E-state index contributed by atoms with van der Waals surface area (Å²) in [6.07, 6.45) is 4.26. The standard InChI is InChI=1S/C26H27N5O/c32-26(30-14-12-20(13-15-30)25-27-24(28-29-25)19-10-11-19)23-16-21-8-4-5-9-22(21)31(23)17-18-6-2-1-3-7-18/h1-9,16,19-20H,10-15,17H2,(H,27,28,29). The summed E-state index contributed by atoms with van der Waals surface area (Å²) in [7, 11) is 0. The Balaban J connectivity index is 1.22. The lowest BCUT2D eigenvalue weighted by Crippen LogP contribution is -2.39. The number of aromatic amines is 1. The molecule has 1 saturated heterocycles. The van der Waals surface area contributed by atoms with E-state index in [1.54, 1.807) is 0 Å². The minimum atomic E-state index is 0.117. The second-order valence-electron chi connectivity index (χ2n) is 9.08. The van der Waals surface area contributed by atoms with Gasteiger partial charge in [0.05, 0.1) is 0 Å². The molecule has 3 heterocycles. The smallest absolute Gasteiger partial charge is 0.270 e. The molecule has 0 atom stereocenters. The molecule has 6 heteroatoms. The largest absolute Gasteiger partial charge is 0.337 e. The van der Waals surface area contributed by atoms with Crippen LogP contribution in [0.15, 0.2) is 60.7 Å². The Morgan fingerprint density at radius 3 is 2.47 bits per heavy atom. The van der Waals surface area contributed by atoms with E-state index in [9.17, 15) is 4.79 Å². The molecule has 6 nitrogen and oxygen atoms in total. The van der Waals surface area contributed by atoms with Crippen LogP contribution in [0.25, 0.3) is 10.9 Å². The van der Waals surface area contributed by atoms with E-state index in [1.807, 2.05) is 41.3 Å². The van der Waals surface area contributed by atoms with E-state index in [1.165, 1.54) is 18.4 Å². The third-order valence-electron chi connectivity index (χ3n) is 6.84. The Kier molecular flexibility index (Phi) is 4.78. The van der Waals surface area contributed by atoms with Crippen LogP contribution in [0.1, 0.15) is 65.2 Å². The number of aromatic nitrogens is 4. The number of nitrogens with zero attached hydrogens (tertiary/aromatic N) is 4. The van der Waals surface area contributed by atoms with Gasteiger partial charge < -0.3 is 9.47 Å². The van der Waals surface area contributed by atoms with Gasteiger partial charge >= 0.3 is 0 Å². The van der Waals surface area contributed by atoms with Crippen molar-refractivity contribution in [1.82, 2.24) is 24.6 Å². The van der Waals surface area contributed by atoms with Gasteiger partial charge in [-0.2, -0.15) is 5.10 Å². The molecule has 0 spiro atoms. The minimum Gasteiger partial charge on any atom is -0.337 e. The average Bonchev–Trinajstić information content (AvgIpc) is 3.46. The maximum Gasteiger partial charge on any atom is 0.270 e. The van der Waals surface area contributed by atoms with Gasteiger partial charge in [-0.3, -0.25) is 9.89 Å². The van der Waals surface area contributed by atoms with E-state index >= 15 is 0 Å². The van der Waals surface area contributed by atoms with E-state index in [-0.39, 0.29) is 5.91 Å². The number of carbonyl (C=O) groups is 1. The van der Waals surface area contributed by atoms with Gasteiger partial charge in [0.1, 0.15) is 11.5 Å². The normalized spacial score (nSPS) is 17.2. The molecule has 2 aromatic carbocycles. The number of piperidine rings is 1. The highest BCUT2D eigenvalue weighted by Crippen LogP contribution is 2.38. The molecule has 1 aliphatic carbocycles. The maximum atomic E-state index is 13.6. The molecule has 1 amide bonds. The summed E-state index contributed by atoms with van der Waals surface area (Å²) < 4.78 is 2.16. The van der Waals surface area contributed by atoms with Gasteiger partial charge in [0.25, 0.3) is 5.91 Å². The number of nitrogens with one attached hydrogen (secondary N) is 1. The number of para-hydroxylation sites is 1. The third kappa shape index (κ3) is 3.60. The summed E-state index contributed by atoms with van der Waals surface area (Å²) in [5.74, 6) is 3.01. The lowest BCUT2D eigenvalue weighted by atomic mass is 9.96. The summed E-state index contributed by atoms with van der Waals surface area (Å²) in [5.41, 5.74) is 3.06. The van der Waals surface area contributed by atoms with Gasteiger partial charge in [-0.15, -0.1) is 0 Å². The van der Waals surface area contributed by atoms with E-state index in [0.29, 0.717) is 18.4 Å². The zero-order chi connectivity index (χ0) is 21.5. The second-order valence-corrected chi connectivity index (χ2v) is 9.08. The Bertz CT molecular complexity index is 1250. The van der Waals surface area contributed by atoms with Crippen LogP contribution in [0.2, 0.25) is 0 Å². The predicted molar refractivity (Wildman–Crippen MR) is 124 cm³/mol. The summed E-state index contributed by atoms with van der Waals surface area (Å²) >= 11 is 0. The molecule has 1 aliphatic heterocycles. The highest BCUT2D eigenvalue weighted by atomic mass is 16.2. The maximum absolute atomic E-state index is 13.6. The van der Waals surface area contributed by atoms with Gasteiger partial charge in [0.2, 0.25) is 0 Å². The molecule has 0 bridgehead atoms. The zero-order valence-electron chi connectivity index (χ0n) is 18.1. The quantitative estimate of drug-likeness (QED) is 0.504. The molecule has 1 N–H and O–H groups in total. The number of hydrogen-bond donors (Lipinski definition) is 1. The second kappa shape index (κ2) is 7.93. The first-order chi connectivity index (χ1) is 15.8. The van der Waals surface area contributed by atoms with E-state index in [2.05, 4.69) is 39.0 Å². The first-order valence-corrected chi connectivity index (χ1v) is 11.6. The summed E-state index contributed by atoms with van der Waals surface area (Å²) in [4.78, 5) is 20.3. The van der Waals surface area contributed by atoms with Crippen LogP contribution < -0.4 is 0 Å². The Morgan fingerprint density at radius 2 is 1.69 bits per heavy atom. The van der Waals surface area contributed by atoms with Crippen molar-refractivity contribution in [3.05, 3.63) is 83.6 Å². The third-order valence-corrected chi connectivity index (χ3v) is 6.84. The lowest BCUT2D eigenvalue weighted by Gasteiger charge is -2.31. The van der Waals surface area contributed by atoms with Crippen molar-refractivity contribution in [2.75, 3.05) is 13.1 Å². The first kappa shape index (κ1) is 19.3. The number of carbonyl (C=O) groups excluding carboxylic acids is 1. The van der Waals surface area contributed by atoms with Crippen LogP contribution in [0, 0.1) is 0 Å². The van der Waals surface area contributed by atoms with Crippen molar-refractivity contribution in [3.63, 3.8) is 0 Å². The van der Waals surface area contributed by atoms with Crippen molar-refractivity contribution in [3.8, 4) is 0 Å². The van der Waals surface area contributed by atoms with Crippen molar-refractivity contribution in [2.24, 2.45) is 0 Å². The van der Waals surface area contributed by atoms with Crippen molar-refractivity contribution in [1.29, 1.82) is 0 Å². The molecule has 4 aromatic rings. The molecular formula is C26H27N5O. The monoisotopic (exact) mass is 425 g/mol. The predicted octanol–water partition coefficient (Wildman–Crippen LogP) is 4.70. The SMILES string of the molecule is O=C(c1cc2ccccc2n1Cc1ccccc1)N1CCC(c2nc(C3CC3)n[nH]2)CC1. The summed E-state index contributed by atoms with van der Waals surface area (Å²) in [6, 6.07) is 20.6. The molecule has 1 saturated carbocycles. The number of benzene rings is 2. The molecular weight excluding hydrogens is 398 g/mol. The number of hydrogen-bond acceptors (Lipinski definition) is 3. The van der Waals surface area contributed by atoms with Crippen LogP contribution in [-0.2, 0) is 6.54 Å². The van der Waals surface area contributed by atoms with Crippen molar-refractivity contribution < 1.29 is 4.79 Å². The fourth-order valence-electron chi connectivity index (χ4n) is 4.84. The highest BCUT2D eigenvalue weighted by molar-refractivity contribution is 5.99. The zero-order valence-corrected chi connectivity index (χ0v) is 18.1. The molecule has 0 unspecified atom stereocenters. The molecule has 2 fully saturated rings. The molecule has 32 heavy (non-hydrogen) atoms. The van der Waals surface area contributed by atoms with Gasteiger partial charge in [0.15, 0.2) is 5.82 Å². The van der Waals surface area contributed by atoms with E-state index in [0.717, 1.165) is 54.2 Å². The van der Waals surface area contributed by atoms with Crippen LogP contribution in [-0.4, -0.2) is 43.6 Å². The van der Waals surface area contributed by atoms with Gasteiger partial charge in [-0.05, 0) is 43.4 Å². The number of H-pyrrole nitrogens is 1. The summed E-state index contributed by atoms with van der Waals surface area (Å²) in [5, 5.41) is 8.68. The van der Waals surface area contributed by atoms with Gasteiger partial charge in [-0.1, -0.05) is 48.5 Å². The van der Waals surface area contributed by atoms with Crippen LogP contribution >= 0.6 is 0 Å².